The van der Waals surface area contributed by atoms with E-state index < -0.39 is 0 Å². The average molecular weight is 183 g/mol. The number of hydrogen-bond acceptors (Lipinski definition) is 0. The molecule has 0 unspecified atom stereocenters. The van der Waals surface area contributed by atoms with Crippen molar-refractivity contribution in [1.29, 1.82) is 0 Å². The maximum absolute atomic E-state index is 0. The van der Waals surface area contributed by atoms with Gasteiger partial charge >= 0.3 is 0 Å². The monoisotopic (exact) mass is 183 g/mol. The topological polar surface area (TPSA) is 0 Å². The minimum atomic E-state index is 0. The molecule has 0 N–H and O–H groups in total. The van der Waals surface area contributed by atoms with Gasteiger partial charge in [0.05, 0.1) is 0 Å². The van der Waals surface area contributed by atoms with Gasteiger partial charge < -0.3 is 0 Å². The second-order valence-corrected chi connectivity index (χ2v) is 0. The average Bonchev–Trinajstić information content (AvgIpc) is 0. The van der Waals surface area contributed by atoms with Gasteiger partial charge in [-0.3, -0.25) is 0 Å². The van der Waals surface area contributed by atoms with Crippen LogP contribution in [-0.2, 0) is 54.4 Å². The van der Waals surface area contributed by atoms with Gasteiger partial charge in [-0.25, -0.2) is 0 Å². The van der Waals surface area contributed by atoms with Crippen LogP contribution in [0.15, 0.2) is 0 Å². The van der Waals surface area contributed by atoms with E-state index in [0.717, 1.165) is 0 Å². The molecule has 0 heterocycles. The van der Waals surface area contributed by atoms with Crippen LogP contribution >= 0.6 is 0 Å². The predicted molar refractivity (Wildman–Crippen MR) is 16.7 cm³/mol. The third kappa shape index (κ3) is 8.84. The molecule has 3 heteroatoms. The van der Waals surface area contributed by atoms with Crippen molar-refractivity contribution in [2.45, 2.75) is 7.43 Å². The van der Waals surface area contributed by atoms with Crippen LogP contribution in [0.5, 0.6) is 0 Å². The van der Waals surface area contributed by atoms with E-state index in [4.69, 9.17) is 0 Å². The van der Waals surface area contributed by atoms with Crippen molar-refractivity contribution in [3.63, 3.8) is 0 Å². The van der Waals surface area contributed by atoms with Crippen molar-refractivity contribution in [1.82, 2.24) is 0 Å². The molecule has 21 valence electrons. The summed E-state index contributed by atoms with van der Waals surface area (Å²) in [6, 6.07) is 0. The number of hydrogen-bond donors (Lipinski definition) is 0. The maximum atomic E-state index is 0. The van der Waals surface area contributed by atoms with E-state index >= 15 is 0 Å². The first-order chi connectivity index (χ1) is 0. The normalized spacial score (nSPS) is 0. The molecule has 0 nitrogen and oxygen atoms in total. The molecule has 4 heavy (non-hydrogen) atoms. The van der Waals surface area contributed by atoms with Crippen LogP contribution in [-0.4, -0.2) is 17.4 Å². The van der Waals surface area contributed by atoms with Crippen molar-refractivity contribution in [2.75, 3.05) is 0 Å². The first-order valence-corrected chi connectivity index (χ1v) is 0. The third-order valence-corrected chi connectivity index (χ3v) is 0. The molecule has 1 radical (unpaired) electrons. The molecule has 0 aliphatic rings. The van der Waals surface area contributed by atoms with E-state index in [0.29, 0.717) is 0 Å². The van der Waals surface area contributed by atoms with Crippen molar-refractivity contribution in [3.8, 4) is 0 Å². The van der Waals surface area contributed by atoms with E-state index in [-0.39, 0.29) is 79.2 Å². The summed E-state index contributed by atoms with van der Waals surface area (Å²) in [7, 11) is 0. The van der Waals surface area contributed by atoms with E-state index in [9.17, 15) is 0 Å². The molecule has 0 aromatic carbocycles. The molecule has 0 amide bonds. The molecule has 0 aromatic rings. The summed E-state index contributed by atoms with van der Waals surface area (Å²) in [5.74, 6) is 0. The van der Waals surface area contributed by atoms with Gasteiger partial charge in [0.25, 0.3) is 0 Å². The van der Waals surface area contributed by atoms with Gasteiger partial charge in [0, 0.05) is 54.4 Å². The molecule has 0 aromatic heterocycles. The fourth-order valence-electron chi connectivity index (χ4n) is 0. The first-order valence-electron chi connectivity index (χ1n) is 0. The zero-order valence-electron chi connectivity index (χ0n) is 1.08. The second-order valence-electron chi connectivity index (χ2n) is 0. The van der Waals surface area contributed by atoms with Crippen LogP contribution in [0.25, 0.3) is 0 Å². The van der Waals surface area contributed by atoms with Gasteiger partial charge in [0.1, 0.15) is 0 Å². The van der Waals surface area contributed by atoms with Crippen molar-refractivity contribution in [3.05, 3.63) is 0 Å². The van der Waals surface area contributed by atoms with Crippen molar-refractivity contribution >= 4 is 17.4 Å². The molecule has 0 saturated heterocycles. The maximum Gasteiger partial charge on any atom is 0.187 e. The van der Waals surface area contributed by atoms with Crippen LogP contribution in [0.3, 0.4) is 0 Å². The SMILES string of the molecule is C.[AlH3].[Ti].[Y]. The van der Waals surface area contributed by atoms with Crippen LogP contribution in [0, 0.1) is 0 Å². The summed E-state index contributed by atoms with van der Waals surface area (Å²) in [4.78, 5) is 0. The fraction of sp³-hybridized carbons (Fsp3) is 1.00. The summed E-state index contributed by atoms with van der Waals surface area (Å²) >= 11 is 0. The molecule has 0 atom stereocenters. The Morgan fingerprint density at radius 1 is 1.00 bits per heavy atom. The van der Waals surface area contributed by atoms with Crippen LogP contribution < -0.4 is 0 Å². The Balaban J connectivity index is 0. The Kier molecular flexibility index (Phi) is 151. The minimum absolute atomic E-state index is 0. The van der Waals surface area contributed by atoms with E-state index in [1.807, 2.05) is 0 Å². The summed E-state index contributed by atoms with van der Waals surface area (Å²) in [6.45, 7) is 0. The van der Waals surface area contributed by atoms with Gasteiger partial charge in [0.2, 0.25) is 0 Å². The third-order valence-electron chi connectivity index (χ3n) is 0. The Morgan fingerprint density at radius 3 is 1.00 bits per heavy atom. The van der Waals surface area contributed by atoms with Crippen LogP contribution in [0.2, 0.25) is 0 Å². The van der Waals surface area contributed by atoms with Gasteiger partial charge in [-0.15, -0.1) is 0 Å². The quantitative estimate of drug-likeness (QED) is 0.441. The summed E-state index contributed by atoms with van der Waals surface area (Å²) in [5, 5.41) is 0. The number of rotatable bonds is 0. The van der Waals surface area contributed by atoms with Crippen molar-refractivity contribution in [2.24, 2.45) is 0 Å². The Bertz CT molecular complexity index is 8.00. The van der Waals surface area contributed by atoms with Crippen LogP contribution in [0.4, 0.5) is 0 Å². The van der Waals surface area contributed by atoms with Gasteiger partial charge in [0.15, 0.2) is 17.4 Å². The Hall–Kier alpha value is 2.35. The largest absolute Gasteiger partial charge is 0.187 e. The zero-order chi connectivity index (χ0) is 0. The molecule has 0 spiro atoms. The Morgan fingerprint density at radius 2 is 1.00 bits per heavy atom. The summed E-state index contributed by atoms with van der Waals surface area (Å²) in [5.41, 5.74) is 0. The molecular weight excluding hydrogens is 176 g/mol. The van der Waals surface area contributed by atoms with E-state index in [2.05, 4.69) is 0 Å². The molecule has 0 rings (SSSR count). The minimum Gasteiger partial charge on any atom is -0.0776 e. The van der Waals surface area contributed by atoms with Gasteiger partial charge in [-0.2, -0.15) is 0 Å². The zero-order valence-corrected chi connectivity index (χ0v) is 5.48. The van der Waals surface area contributed by atoms with Crippen LogP contribution in [0.1, 0.15) is 7.43 Å². The van der Waals surface area contributed by atoms with Gasteiger partial charge in [-0.1, -0.05) is 7.43 Å². The van der Waals surface area contributed by atoms with Gasteiger partial charge in [-0.05, 0) is 0 Å². The molecule has 0 saturated carbocycles. The summed E-state index contributed by atoms with van der Waals surface area (Å²) in [6.07, 6.45) is 0. The van der Waals surface area contributed by atoms with E-state index in [1.54, 1.807) is 0 Å². The molecule has 0 bridgehead atoms. The molecule has 0 aliphatic heterocycles. The van der Waals surface area contributed by atoms with Crippen molar-refractivity contribution < 1.29 is 54.4 Å². The first kappa shape index (κ1) is 32.9. The molecular formula is CH7AlTiY. The standard InChI is InChI=1S/CH4.Al.Ti.Y.3H/h1H4;;;;;;. The smallest absolute Gasteiger partial charge is 0.0776 e. The molecule has 0 aliphatic carbocycles. The Labute approximate surface area is 78.0 Å². The molecule has 0 fully saturated rings. The van der Waals surface area contributed by atoms with E-state index in [1.165, 1.54) is 0 Å². The predicted octanol–water partition coefficient (Wildman–Crippen LogP) is -0.553. The fourth-order valence-corrected chi connectivity index (χ4v) is 0. The summed E-state index contributed by atoms with van der Waals surface area (Å²) < 4.78 is 0. The second kappa shape index (κ2) is 18.3.